The molecule has 0 bridgehead atoms. The van der Waals surface area contributed by atoms with Crippen LogP contribution in [0.1, 0.15) is 65.6 Å². The standard InChI is InChI=1S/C26H19Cl3F10O2/c1-12(6-15(40)4-5-24(31,32)33)7-22(41)16-3-2-13(8-18(16)26(37,38)39)21(30)11-17(25(34,35)36)14-9-19(27)23(29)20(28)10-14/h2-3,8-12,17H,4-7H2,1H3/b21-11-/t12-,17?/m0/s1. The van der Waals surface area contributed by atoms with Gasteiger partial charge in [-0.2, -0.15) is 39.5 Å². The van der Waals surface area contributed by atoms with Crippen molar-refractivity contribution in [3.63, 3.8) is 0 Å². The number of carbonyl (C=O) groups is 2. The molecule has 2 aromatic carbocycles. The van der Waals surface area contributed by atoms with Gasteiger partial charge in [0, 0.05) is 30.4 Å². The molecular weight excluding hydrogens is 641 g/mol. The molecule has 0 N–H and O–H groups in total. The maximum Gasteiger partial charge on any atom is 0.417 e. The number of carbonyl (C=O) groups excluding carboxylic acids is 2. The number of ketones is 2. The lowest BCUT2D eigenvalue weighted by atomic mass is 9.91. The highest BCUT2D eigenvalue weighted by Crippen LogP contribution is 2.43. The summed E-state index contributed by atoms with van der Waals surface area (Å²) in [6.45, 7) is 1.28. The lowest BCUT2D eigenvalue weighted by molar-refractivity contribution is -0.143. The van der Waals surface area contributed by atoms with Crippen LogP contribution < -0.4 is 0 Å². The molecule has 0 saturated heterocycles. The van der Waals surface area contributed by atoms with Crippen LogP contribution in [0.2, 0.25) is 15.1 Å². The number of Topliss-reactive ketones (excluding diaryl/α,β-unsaturated/α-hetero) is 2. The van der Waals surface area contributed by atoms with E-state index in [0.717, 1.165) is 12.1 Å². The van der Waals surface area contributed by atoms with Crippen molar-refractivity contribution in [2.75, 3.05) is 0 Å². The molecule has 15 heteroatoms. The van der Waals surface area contributed by atoms with E-state index in [1.807, 2.05) is 0 Å². The molecule has 0 aliphatic carbocycles. The number of allylic oxidation sites excluding steroid dienone is 1. The number of hydrogen-bond donors (Lipinski definition) is 0. The molecule has 226 valence electrons. The van der Waals surface area contributed by atoms with Crippen molar-refractivity contribution in [1.29, 1.82) is 0 Å². The Hall–Kier alpha value is -2.31. The highest BCUT2D eigenvalue weighted by atomic mass is 35.5. The molecular formula is C26H19Cl3F10O2. The fraction of sp³-hybridized carbons (Fsp3) is 0.385. The number of benzene rings is 2. The van der Waals surface area contributed by atoms with E-state index in [0.29, 0.717) is 12.1 Å². The fourth-order valence-electron chi connectivity index (χ4n) is 3.82. The highest BCUT2D eigenvalue weighted by Gasteiger charge is 2.41. The molecule has 0 amide bonds. The van der Waals surface area contributed by atoms with Gasteiger partial charge in [-0.25, -0.2) is 4.39 Å². The second-order valence-corrected chi connectivity index (χ2v) is 10.4. The largest absolute Gasteiger partial charge is 0.417 e. The maximum atomic E-state index is 15.0. The normalized spacial score (nSPS) is 14.6. The van der Waals surface area contributed by atoms with Crippen LogP contribution in [0.3, 0.4) is 0 Å². The Morgan fingerprint density at radius 2 is 1.44 bits per heavy atom. The lowest BCUT2D eigenvalue weighted by Gasteiger charge is -2.19. The molecule has 1 unspecified atom stereocenters. The van der Waals surface area contributed by atoms with E-state index in [1.165, 1.54) is 6.92 Å². The van der Waals surface area contributed by atoms with Crippen molar-refractivity contribution in [3.05, 3.63) is 73.7 Å². The minimum absolute atomic E-state index is 0.0154. The molecule has 2 atom stereocenters. The van der Waals surface area contributed by atoms with Crippen molar-refractivity contribution < 1.29 is 53.5 Å². The first-order valence-electron chi connectivity index (χ1n) is 11.5. The number of rotatable bonds is 10. The third-order valence-electron chi connectivity index (χ3n) is 5.73. The Morgan fingerprint density at radius 3 is 1.93 bits per heavy atom. The van der Waals surface area contributed by atoms with Gasteiger partial charge in [0.15, 0.2) is 5.78 Å². The summed E-state index contributed by atoms with van der Waals surface area (Å²) in [6.07, 6.45) is -18.4. The Morgan fingerprint density at radius 1 is 0.878 bits per heavy atom. The van der Waals surface area contributed by atoms with Crippen LogP contribution in [0.5, 0.6) is 0 Å². The number of halogens is 13. The van der Waals surface area contributed by atoms with Gasteiger partial charge in [0.05, 0.1) is 27.1 Å². The summed E-state index contributed by atoms with van der Waals surface area (Å²) < 4.78 is 134. The third-order valence-corrected chi connectivity index (χ3v) is 6.93. The quantitative estimate of drug-likeness (QED) is 0.145. The van der Waals surface area contributed by atoms with Crippen LogP contribution in [0, 0.1) is 5.92 Å². The predicted octanol–water partition coefficient (Wildman–Crippen LogP) is 10.8. The van der Waals surface area contributed by atoms with Crippen LogP contribution in [-0.2, 0) is 11.0 Å². The molecule has 0 radical (unpaired) electrons. The SMILES string of the molecule is C[C@@H](CC(=O)CCC(F)(F)F)CC(=O)c1ccc(/C(F)=C/C(c2cc(Cl)c(Cl)c(Cl)c2)C(F)(F)F)cc1C(F)(F)F. The van der Waals surface area contributed by atoms with E-state index < -0.39 is 95.7 Å². The summed E-state index contributed by atoms with van der Waals surface area (Å²) >= 11 is 17.3. The van der Waals surface area contributed by atoms with Gasteiger partial charge in [0.25, 0.3) is 0 Å². The summed E-state index contributed by atoms with van der Waals surface area (Å²) in [5.74, 6) is -7.32. The van der Waals surface area contributed by atoms with Gasteiger partial charge in [-0.05, 0) is 35.8 Å². The Kier molecular flexibility index (Phi) is 11.3. The van der Waals surface area contributed by atoms with Crippen LogP contribution in [0.4, 0.5) is 43.9 Å². The molecule has 2 rings (SSSR count). The predicted molar refractivity (Wildman–Crippen MR) is 134 cm³/mol. The third kappa shape index (κ3) is 10.2. The van der Waals surface area contributed by atoms with E-state index in [1.54, 1.807) is 0 Å². The first-order chi connectivity index (χ1) is 18.6. The average molecular weight is 660 g/mol. The molecule has 0 aliphatic heterocycles. The smallest absolute Gasteiger partial charge is 0.300 e. The molecule has 2 aromatic rings. The van der Waals surface area contributed by atoms with Crippen LogP contribution in [0.25, 0.3) is 5.83 Å². The summed E-state index contributed by atoms with van der Waals surface area (Å²) in [4.78, 5) is 24.3. The Labute approximate surface area is 242 Å². The average Bonchev–Trinajstić information content (AvgIpc) is 2.82. The molecule has 0 saturated carbocycles. The van der Waals surface area contributed by atoms with E-state index in [2.05, 4.69) is 0 Å². The molecule has 0 fully saturated rings. The zero-order chi connectivity index (χ0) is 31.5. The molecule has 0 aromatic heterocycles. The monoisotopic (exact) mass is 658 g/mol. The van der Waals surface area contributed by atoms with Crippen molar-refractivity contribution in [1.82, 2.24) is 0 Å². The highest BCUT2D eigenvalue weighted by molar-refractivity contribution is 6.48. The van der Waals surface area contributed by atoms with Gasteiger partial charge in [0.1, 0.15) is 17.5 Å². The Balaban J connectivity index is 2.39. The Bertz CT molecular complexity index is 1290. The first kappa shape index (κ1) is 34.9. The van der Waals surface area contributed by atoms with Gasteiger partial charge in [-0.1, -0.05) is 53.9 Å². The molecule has 0 spiro atoms. The minimum Gasteiger partial charge on any atom is -0.300 e. The second-order valence-electron chi connectivity index (χ2n) is 9.18. The maximum absolute atomic E-state index is 15.0. The van der Waals surface area contributed by atoms with Crippen molar-refractivity contribution in [2.24, 2.45) is 5.92 Å². The van der Waals surface area contributed by atoms with Crippen molar-refractivity contribution >= 4 is 52.2 Å². The van der Waals surface area contributed by atoms with Gasteiger partial charge in [-0.15, -0.1) is 0 Å². The summed E-state index contributed by atoms with van der Waals surface area (Å²) in [6, 6.07) is 2.95. The first-order valence-corrected chi connectivity index (χ1v) is 12.6. The van der Waals surface area contributed by atoms with Gasteiger partial charge < -0.3 is 0 Å². The zero-order valence-electron chi connectivity index (χ0n) is 20.7. The summed E-state index contributed by atoms with van der Waals surface area (Å²) in [7, 11) is 0. The molecule has 0 heterocycles. The van der Waals surface area contributed by atoms with Crippen LogP contribution >= 0.6 is 34.8 Å². The molecule has 0 aliphatic rings. The fourth-order valence-corrected chi connectivity index (χ4v) is 4.43. The number of hydrogen-bond acceptors (Lipinski definition) is 2. The topological polar surface area (TPSA) is 34.1 Å². The van der Waals surface area contributed by atoms with Crippen molar-refractivity contribution in [3.8, 4) is 0 Å². The summed E-state index contributed by atoms with van der Waals surface area (Å²) in [5, 5.41) is -1.02. The summed E-state index contributed by atoms with van der Waals surface area (Å²) in [5.41, 5.74) is -4.18. The van der Waals surface area contributed by atoms with E-state index in [4.69, 9.17) is 34.8 Å². The van der Waals surface area contributed by atoms with Gasteiger partial charge in [-0.3, -0.25) is 9.59 Å². The van der Waals surface area contributed by atoms with Gasteiger partial charge >= 0.3 is 18.5 Å². The van der Waals surface area contributed by atoms with Crippen LogP contribution in [0.15, 0.2) is 36.4 Å². The lowest BCUT2D eigenvalue weighted by Crippen LogP contribution is -2.19. The second kappa shape index (κ2) is 13.3. The van der Waals surface area contributed by atoms with Crippen LogP contribution in [-0.4, -0.2) is 23.9 Å². The van der Waals surface area contributed by atoms with E-state index in [9.17, 15) is 53.5 Å². The van der Waals surface area contributed by atoms with Crippen molar-refractivity contribution in [2.45, 2.75) is 57.1 Å². The van der Waals surface area contributed by atoms with E-state index >= 15 is 0 Å². The van der Waals surface area contributed by atoms with Gasteiger partial charge in [0.2, 0.25) is 0 Å². The van der Waals surface area contributed by atoms with E-state index in [-0.39, 0.29) is 27.2 Å². The number of alkyl halides is 9. The minimum atomic E-state index is -5.24. The molecule has 2 nitrogen and oxygen atoms in total. The molecule has 41 heavy (non-hydrogen) atoms. The zero-order valence-corrected chi connectivity index (χ0v) is 22.9.